The summed E-state index contributed by atoms with van der Waals surface area (Å²) >= 11 is 3.16. The summed E-state index contributed by atoms with van der Waals surface area (Å²) in [5.41, 5.74) is 0.969. The summed E-state index contributed by atoms with van der Waals surface area (Å²) in [6, 6.07) is 16.7. The quantitative estimate of drug-likeness (QED) is 0.424. The summed E-state index contributed by atoms with van der Waals surface area (Å²) in [5.74, 6) is -0.140. The summed E-state index contributed by atoms with van der Waals surface area (Å²) < 4.78 is 29.5. The van der Waals surface area contributed by atoms with Crippen LogP contribution in [-0.4, -0.2) is 25.7 Å². The van der Waals surface area contributed by atoms with Crippen LogP contribution in [0.1, 0.15) is 5.56 Å². The molecular weight excluding hydrogens is 416 g/mol. The van der Waals surface area contributed by atoms with E-state index in [0.29, 0.717) is 15.8 Å². The SMILES string of the molecule is O=C1C=CC(=NC(=NS(=O)(=O)c2ccccc2)c2ccccc2)C=C1Br. The van der Waals surface area contributed by atoms with E-state index >= 15 is 0 Å². The van der Waals surface area contributed by atoms with Crippen LogP contribution < -0.4 is 0 Å². The van der Waals surface area contributed by atoms with E-state index < -0.39 is 10.0 Å². The second-order valence-corrected chi connectivity index (χ2v) is 7.75. The average Bonchev–Trinajstić information content (AvgIpc) is 2.65. The molecule has 0 heterocycles. The number of benzene rings is 2. The van der Waals surface area contributed by atoms with E-state index in [4.69, 9.17) is 0 Å². The Morgan fingerprint density at radius 2 is 1.50 bits per heavy atom. The van der Waals surface area contributed by atoms with Crippen LogP contribution >= 0.6 is 15.9 Å². The topological polar surface area (TPSA) is 75.9 Å². The van der Waals surface area contributed by atoms with Crippen LogP contribution in [0.3, 0.4) is 0 Å². The van der Waals surface area contributed by atoms with Gasteiger partial charge in [-0.05, 0) is 46.3 Å². The van der Waals surface area contributed by atoms with Gasteiger partial charge in [-0.2, -0.15) is 8.42 Å². The van der Waals surface area contributed by atoms with Crippen LogP contribution in [0.5, 0.6) is 0 Å². The first-order valence-corrected chi connectivity index (χ1v) is 9.83. The molecule has 5 nitrogen and oxygen atoms in total. The lowest BCUT2D eigenvalue weighted by molar-refractivity contribution is -0.110. The van der Waals surface area contributed by atoms with Gasteiger partial charge >= 0.3 is 0 Å². The van der Waals surface area contributed by atoms with Gasteiger partial charge < -0.3 is 0 Å². The zero-order chi connectivity index (χ0) is 18.6. The number of allylic oxidation sites excluding steroid dienone is 4. The van der Waals surface area contributed by atoms with Gasteiger partial charge in [-0.25, -0.2) is 4.99 Å². The second-order valence-electron chi connectivity index (χ2n) is 5.30. The number of carbonyl (C=O) groups excluding carboxylic acids is 1. The Labute approximate surface area is 159 Å². The third-order valence-electron chi connectivity index (χ3n) is 3.43. The van der Waals surface area contributed by atoms with Gasteiger partial charge in [0.15, 0.2) is 11.6 Å². The zero-order valence-electron chi connectivity index (χ0n) is 13.4. The van der Waals surface area contributed by atoms with Gasteiger partial charge in [0.05, 0.1) is 15.1 Å². The van der Waals surface area contributed by atoms with Crippen molar-refractivity contribution < 1.29 is 13.2 Å². The third-order valence-corrected chi connectivity index (χ3v) is 5.33. The third kappa shape index (κ3) is 4.30. The van der Waals surface area contributed by atoms with E-state index in [1.807, 2.05) is 6.07 Å². The van der Waals surface area contributed by atoms with Crippen molar-refractivity contribution >= 4 is 43.3 Å². The highest BCUT2D eigenvalue weighted by Crippen LogP contribution is 2.16. The molecule has 0 fully saturated rings. The van der Waals surface area contributed by atoms with Gasteiger partial charge in [-0.1, -0.05) is 48.5 Å². The van der Waals surface area contributed by atoms with Crippen molar-refractivity contribution in [3.63, 3.8) is 0 Å². The summed E-state index contributed by atoms with van der Waals surface area (Å²) in [6.45, 7) is 0. The van der Waals surface area contributed by atoms with Crippen molar-refractivity contribution in [1.82, 2.24) is 0 Å². The van der Waals surface area contributed by atoms with E-state index in [2.05, 4.69) is 25.3 Å². The van der Waals surface area contributed by atoms with Crippen LogP contribution in [0.4, 0.5) is 0 Å². The van der Waals surface area contributed by atoms with E-state index in [9.17, 15) is 13.2 Å². The Kier molecular flexibility index (Phi) is 5.39. The number of ketones is 1. The van der Waals surface area contributed by atoms with Crippen molar-refractivity contribution in [2.45, 2.75) is 4.90 Å². The number of aliphatic imine (C=N–C) groups is 1. The summed E-state index contributed by atoms with van der Waals surface area (Å²) in [7, 11) is -3.93. The highest BCUT2D eigenvalue weighted by atomic mass is 79.9. The van der Waals surface area contributed by atoms with Crippen LogP contribution in [0.25, 0.3) is 0 Å². The summed E-state index contributed by atoms with van der Waals surface area (Å²) in [6.07, 6.45) is 4.40. The number of hydrogen-bond donors (Lipinski definition) is 0. The largest absolute Gasteiger partial charge is 0.289 e. The fourth-order valence-electron chi connectivity index (χ4n) is 2.17. The van der Waals surface area contributed by atoms with Crippen LogP contribution in [0, 0.1) is 0 Å². The van der Waals surface area contributed by atoms with E-state index in [0.717, 1.165) is 0 Å². The Balaban J connectivity index is 2.11. The summed E-state index contributed by atoms with van der Waals surface area (Å²) in [4.78, 5) is 16.0. The summed E-state index contributed by atoms with van der Waals surface area (Å²) in [5, 5.41) is 0. The van der Waals surface area contributed by atoms with Gasteiger partial charge in [-0.3, -0.25) is 4.79 Å². The van der Waals surface area contributed by atoms with Gasteiger partial charge in [-0.15, -0.1) is 4.40 Å². The maximum Gasteiger partial charge on any atom is 0.284 e. The van der Waals surface area contributed by atoms with Gasteiger partial charge in [0.25, 0.3) is 10.0 Å². The molecule has 0 N–H and O–H groups in total. The van der Waals surface area contributed by atoms with Crippen molar-refractivity contribution in [2.24, 2.45) is 9.39 Å². The normalized spacial score (nSPS) is 16.7. The molecule has 0 spiro atoms. The monoisotopic (exact) mass is 428 g/mol. The minimum atomic E-state index is -3.93. The van der Waals surface area contributed by atoms with E-state index in [1.54, 1.807) is 42.5 Å². The maximum atomic E-state index is 12.6. The molecule has 130 valence electrons. The van der Waals surface area contributed by atoms with E-state index in [1.165, 1.54) is 30.4 Å². The molecule has 1 aliphatic carbocycles. The first-order chi connectivity index (χ1) is 12.5. The number of sulfonamides is 1. The Morgan fingerprint density at radius 3 is 2.12 bits per heavy atom. The number of rotatable bonds is 3. The smallest absolute Gasteiger partial charge is 0.284 e. The lowest BCUT2D eigenvalue weighted by Crippen LogP contribution is -2.09. The molecule has 0 saturated carbocycles. The van der Waals surface area contributed by atoms with Crippen LogP contribution in [0.15, 0.2) is 97.7 Å². The number of nitrogens with zero attached hydrogens (tertiary/aromatic N) is 2. The van der Waals surface area contributed by atoms with Crippen molar-refractivity contribution in [3.8, 4) is 0 Å². The average molecular weight is 429 g/mol. The fraction of sp³-hybridized carbons (Fsp3) is 0. The van der Waals surface area contributed by atoms with Crippen LogP contribution in [-0.2, 0) is 14.8 Å². The number of hydrogen-bond acceptors (Lipinski definition) is 3. The fourth-order valence-corrected chi connectivity index (χ4v) is 3.51. The number of halogens is 1. The first-order valence-electron chi connectivity index (χ1n) is 7.59. The first kappa shape index (κ1) is 18.2. The van der Waals surface area contributed by atoms with Gasteiger partial charge in [0, 0.05) is 5.56 Å². The number of carbonyl (C=O) groups is 1. The highest BCUT2D eigenvalue weighted by Gasteiger charge is 2.16. The van der Waals surface area contributed by atoms with Gasteiger partial charge in [0.1, 0.15) is 0 Å². The molecule has 0 unspecified atom stereocenters. The molecule has 0 atom stereocenters. The van der Waals surface area contributed by atoms with Gasteiger partial charge in [0.2, 0.25) is 0 Å². The predicted molar refractivity (Wildman–Crippen MR) is 105 cm³/mol. The number of amidine groups is 1. The predicted octanol–water partition coefficient (Wildman–Crippen LogP) is 3.68. The molecule has 1 aliphatic rings. The minimum absolute atomic E-state index is 0.0417. The van der Waals surface area contributed by atoms with Crippen molar-refractivity contribution in [2.75, 3.05) is 0 Å². The van der Waals surface area contributed by atoms with Crippen LogP contribution in [0.2, 0.25) is 0 Å². The Bertz CT molecular complexity index is 1050. The Morgan fingerprint density at radius 1 is 0.885 bits per heavy atom. The molecule has 0 radical (unpaired) electrons. The van der Waals surface area contributed by atoms with Crippen molar-refractivity contribution in [1.29, 1.82) is 0 Å². The maximum absolute atomic E-state index is 12.6. The standard InChI is InChI=1S/C19H13BrN2O3S/c20-17-13-15(11-12-18(17)23)21-19(14-7-3-1-4-8-14)22-26(24,25)16-9-5-2-6-10-16/h1-13H. The lowest BCUT2D eigenvalue weighted by Gasteiger charge is -2.06. The molecule has 0 saturated heterocycles. The molecule has 0 amide bonds. The zero-order valence-corrected chi connectivity index (χ0v) is 15.8. The molecule has 0 bridgehead atoms. The molecule has 2 aromatic carbocycles. The van der Waals surface area contributed by atoms with E-state index in [-0.39, 0.29) is 16.5 Å². The lowest BCUT2D eigenvalue weighted by atomic mass is 10.1. The second kappa shape index (κ2) is 7.72. The van der Waals surface area contributed by atoms with Crippen molar-refractivity contribution in [3.05, 3.63) is 88.9 Å². The molecule has 3 rings (SSSR count). The molecule has 0 aromatic heterocycles. The molecule has 26 heavy (non-hydrogen) atoms. The molecular formula is C19H13BrN2O3S. The minimum Gasteiger partial charge on any atom is -0.289 e. The Hall–Kier alpha value is -2.64. The molecule has 2 aromatic rings. The molecule has 7 heteroatoms. The molecule has 0 aliphatic heterocycles. The highest BCUT2D eigenvalue weighted by molar-refractivity contribution is 9.12.